The second kappa shape index (κ2) is 9.84. The number of ether oxygens (including phenoxy) is 2. The summed E-state index contributed by atoms with van der Waals surface area (Å²) in [6.07, 6.45) is -0.477. The summed E-state index contributed by atoms with van der Waals surface area (Å²) in [5.74, 6) is -0.205. The quantitative estimate of drug-likeness (QED) is 0.315. The second-order valence-electron chi connectivity index (χ2n) is 9.24. The summed E-state index contributed by atoms with van der Waals surface area (Å²) in [5, 5.41) is 10.3. The van der Waals surface area contributed by atoms with Crippen molar-refractivity contribution in [3.63, 3.8) is 0 Å². The fraction of sp³-hybridized carbons (Fsp3) is 0.214. The Morgan fingerprint density at radius 1 is 0.914 bits per heavy atom. The first-order valence-electron chi connectivity index (χ1n) is 11.2. The molecule has 0 aliphatic carbocycles. The fourth-order valence-electron chi connectivity index (χ4n) is 3.76. The summed E-state index contributed by atoms with van der Waals surface area (Å²) >= 11 is 6.15. The van der Waals surface area contributed by atoms with E-state index in [-0.39, 0.29) is 13.0 Å². The van der Waals surface area contributed by atoms with Crippen molar-refractivity contribution < 1.29 is 24.2 Å². The summed E-state index contributed by atoms with van der Waals surface area (Å²) in [6.45, 7) is 5.63. The molecule has 0 spiro atoms. The van der Waals surface area contributed by atoms with Gasteiger partial charge in [0, 0.05) is 10.4 Å². The molecular formula is C28H26ClNO5. The van der Waals surface area contributed by atoms with Crippen molar-refractivity contribution in [2.75, 3.05) is 0 Å². The molecule has 0 aliphatic heterocycles. The van der Waals surface area contributed by atoms with Crippen LogP contribution >= 0.6 is 11.6 Å². The Bertz CT molecular complexity index is 1370. The van der Waals surface area contributed by atoms with E-state index in [9.17, 15) is 9.59 Å². The van der Waals surface area contributed by atoms with Gasteiger partial charge in [-0.3, -0.25) is 4.79 Å². The number of hydrogen-bond donors (Lipinski definition) is 1. The van der Waals surface area contributed by atoms with Gasteiger partial charge in [0.25, 0.3) is 0 Å². The zero-order chi connectivity index (χ0) is 25.2. The van der Waals surface area contributed by atoms with Gasteiger partial charge in [-0.05, 0) is 73.9 Å². The molecule has 0 bridgehead atoms. The zero-order valence-electron chi connectivity index (χ0n) is 19.7. The molecule has 0 radical (unpaired) electrons. The lowest BCUT2D eigenvalue weighted by molar-refractivity contribution is -0.136. The summed E-state index contributed by atoms with van der Waals surface area (Å²) in [6, 6.07) is 22.2. The van der Waals surface area contributed by atoms with E-state index in [1.807, 2.05) is 75.4 Å². The molecule has 6 nitrogen and oxygen atoms in total. The van der Waals surface area contributed by atoms with Crippen molar-refractivity contribution in [2.24, 2.45) is 0 Å². The smallest absolute Gasteiger partial charge is 0.419 e. The molecule has 7 heteroatoms. The Kier molecular flexibility index (Phi) is 6.85. The van der Waals surface area contributed by atoms with Crippen LogP contribution in [0.5, 0.6) is 5.75 Å². The van der Waals surface area contributed by atoms with Gasteiger partial charge in [-0.25, -0.2) is 9.36 Å². The third-order valence-electron chi connectivity index (χ3n) is 5.30. The number of aromatic nitrogens is 1. The number of aliphatic carboxylic acids is 1. The van der Waals surface area contributed by atoms with Crippen LogP contribution in [0.3, 0.4) is 0 Å². The van der Waals surface area contributed by atoms with Crippen LogP contribution in [0, 0.1) is 0 Å². The number of halogens is 1. The van der Waals surface area contributed by atoms with E-state index >= 15 is 0 Å². The number of hydrogen-bond acceptors (Lipinski definition) is 4. The molecule has 35 heavy (non-hydrogen) atoms. The number of fused-ring (bicyclic) bond motifs is 1. The molecule has 1 aromatic heterocycles. The van der Waals surface area contributed by atoms with Gasteiger partial charge in [-0.15, -0.1) is 0 Å². The molecule has 1 N–H and O–H groups in total. The minimum Gasteiger partial charge on any atom is -0.487 e. The van der Waals surface area contributed by atoms with Crippen LogP contribution < -0.4 is 4.74 Å². The minimum atomic E-state index is -0.854. The molecule has 0 amide bonds. The predicted molar refractivity (Wildman–Crippen MR) is 136 cm³/mol. The molecular weight excluding hydrogens is 466 g/mol. The molecule has 0 unspecified atom stereocenters. The standard InChI is InChI=1S/C28H26ClNO5/c1-28(2,3)35-27(33)30-23(16-21-15-22(29)10-13-25(21)30)17-34-24-11-8-20(9-12-24)19-6-4-18(5-7-19)14-26(31)32/h4-13,15-16H,14,17H2,1-3H3,(H,31,32). The largest absolute Gasteiger partial charge is 0.487 e. The summed E-state index contributed by atoms with van der Waals surface area (Å²) in [7, 11) is 0. The average Bonchev–Trinajstić information content (AvgIpc) is 3.14. The highest BCUT2D eigenvalue weighted by Crippen LogP contribution is 2.27. The van der Waals surface area contributed by atoms with E-state index in [0.29, 0.717) is 22.0 Å². The van der Waals surface area contributed by atoms with Crippen molar-refractivity contribution in [3.8, 4) is 16.9 Å². The fourth-order valence-corrected chi connectivity index (χ4v) is 3.94. The van der Waals surface area contributed by atoms with E-state index in [0.717, 1.165) is 22.1 Å². The SMILES string of the molecule is CC(C)(C)OC(=O)n1c(COc2ccc(-c3ccc(CC(=O)O)cc3)cc2)cc2cc(Cl)ccc21. The highest BCUT2D eigenvalue weighted by molar-refractivity contribution is 6.31. The number of benzene rings is 3. The Hall–Kier alpha value is -3.77. The van der Waals surface area contributed by atoms with E-state index < -0.39 is 17.7 Å². The molecule has 0 fully saturated rings. The maximum atomic E-state index is 13.0. The summed E-state index contributed by atoms with van der Waals surface area (Å²) in [5.41, 5.74) is 3.42. The molecule has 3 aromatic carbocycles. The number of rotatable bonds is 6. The van der Waals surface area contributed by atoms with Crippen molar-refractivity contribution in [1.29, 1.82) is 0 Å². The minimum absolute atomic E-state index is 0.000699. The van der Waals surface area contributed by atoms with Crippen molar-refractivity contribution in [2.45, 2.75) is 39.4 Å². The molecule has 0 atom stereocenters. The van der Waals surface area contributed by atoms with Gasteiger partial charge in [-0.1, -0.05) is 48.0 Å². The predicted octanol–water partition coefficient (Wildman–Crippen LogP) is 6.95. The third-order valence-corrected chi connectivity index (χ3v) is 5.53. The Morgan fingerprint density at radius 2 is 1.54 bits per heavy atom. The first-order valence-corrected chi connectivity index (χ1v) is 11.5. The Balaban J connectivity index is 1.52. The number of carboxylic acid groups (broad SMARTS) is 1. The normalized spacial score (nSPS) is 11.4. The number of carboxylic acids is 1. The van der Waals surface area contributed by atoms with Crippen LogP contribution in [0.25, 0.3) is 22.0 Å². The Morgan fingerprint density at radius 3 is 2.14 bits per heavy atom. The number of carbonyl (C=O) groups excluding carboxylic acids is 1. The van der Waals surface area contributed by atoms with Gasteiger partial charge in [0.05, 0.1) is 17.6 Å². The highest BCUT2D eigenvalue weighted by Gasteiger charge is 2.22. The third kappa shape index (κ3) is 6.03. The lowest BCUT2D eigenvalue weighted by Crippen LogP contribution is -2.28. The molecule has 0 saturated heterocycles. The van der Waals surface area contributed by atoms with Crippen molar-refractivity contribution in [1.82, 2.24) is 4.57 Å². The lowest BCUT2D eigenvalue weighted by atomic mass is 10.0. The molecule has 180 valence electrons. The first-order chi connectivity index (χ1) is 16.6. The van der Waals surface area contributed by atoms with E-state index in [1.54, 1.807) is 18.2 Å². The summed E-state index contributed by atoms with van der Waals surface area (Å²) in [4.78, 5) is 23.8. The van der Waals surface area contributed by atoms with E-state index in [2.05, 4.69) is 0 Å². The molecule has 0 aliphatic rings. The van der Waals surface area contributed by atoms with Gasteiger partial charge in [0.1, 0.15) is 18.0 Å². The van der Waals surface area contributed by atoms with Gasteiger partial charge in [0.15, 0.2) is 0 Å². The first kappa shape index (κ1) is 24.4. The molecule has 4 aromatic rings. The van der Waals surface area contributed by atoms with Gasteiger partial charge in [-0.2, -0.15) is 0 Å². The van der Waals surface area contributed by atoms with Gasteiger partial charge in [0.2, 0.25) is 0 Å². The second-order valence-corrected chi connectivity index (χ2v) is 9.67. The van der Waals surface area contributed by atoms with Crippen LogP contribution in [0.2, 0.25) is 5.02 Å². The Labute approximate surface area is 208 Å². The van der Waals surface area contributed by atoms with Gasteiger partial charge < -0.3 is 14.6 Å². The van der Waals surface area contributed by atoms with Crippen LogP contribution in [-0.2, 0) is 22.6 Å². The lowest BCUT2D eigenvalue weighted by Gasteiger charge is -2.21. The van der Waals surface area contributed by atoms with Crippen LogP contribution in [-0.4, -0.2) is 27.3 Å². The van der Waals surface area contributed by atoms with Crippen LogP contribution in [0.1, 0.15) is 32.0 Å². The van der Waals surface area contributed by atoms with E-state index in [4.69, 9.17) is 26.2 Å². The summed E-state index contributed by atoms with van der Waals surface area (Å²) < 4.78 is 13.1. The topological polar surface area (TPSA) is 77.8 Å². The zero-order valence-corrected chi connectivity index (χ0v) is 20.5. The molecule has 1 heterocycles. The van der Waals surface area contributed by atoms with Crippen LogP contribution in [0.15, 0.2) is 72.8 Å². The number of nitrogens with zero attached hydrogens (tertiary/aromatic N) is 1. The maximum absolute atomic E-state index is 13.0. The highest BCUT2D eigenvalue weighted by atomic mass is 35.5. The van der Waals surface area contributed by atoms with Gasteiger partial charge >= 0.3 is 12.1 Å². The van der Waals surface area contributed by atoms with Crippen LogP contribution in [0.4, 0.5) is 4.79 Å². The molecule has 0 saturated carbocycles. The maximum Gasteiger partial charge on any atom is 0.419 e. The van der Waals surface area contributed by atoms with Crippen molar-refractivity contribution >= 4 is 34.6 Å². The average molecular weight is 492 g/mol. The number of carbonyl (C=O) groups is 2. The monoisotopic (exact) mass is 491 g/mol. The molecule has 4 rings (SSSR count). The van der Waals surface area contributed by atoms with Crippen molar-refractivity contribution in [3.05, 3.63) is 89.1 Å². The van der Waals surface area contributed by atoms with E-state index in [1.165, 1.54) is 4.57 Å².